The fourth-order valence-electron chi connectivity index (χ4n) is 2.60. The largest absolute Gasteiger partial charge is 0.465 e. The molecule has 0 aliphatic rings. The molecule has 0 bridgehead atoms. The van der Waals surface area contributed by atoms with Crippen molar-refractivity contribution in [3.63, 3.8) is 0 Å². The Morgan fingerprint density at radius 3 is 1.77 bits per heavy atom. The molecular formula is C16H26N2O4. The molecule has 1 rings (SSSR count). The first-order valence-corrected chi connectivity index (χ1v) is 7.44. The van der Waals surface area contributed by atoms with Crippen molar-refractivity contribution < 1.29 is 9.53 Å². The molecule has 1 aromatic rings. The Labute approximate surface area is 130 Å². The van der Waals surface area contributed by atoms with Crippen LogP contribution in [0.2, 0.25) is 0 Å². The van der Waals surface area contributed by atoms with Gasteiger partial charge in [-0.15, -0.1) is 0 Å². The predicted molar refractivity (Wildman–Crippen MR) is 85.8 cm³/mol. The average Bonchev–Trinajstić information content (AvgIpc) is 2.35. The van der Waals surface area contributed by atoms with E-state index in [4.69, 9.17) is 4.74 Å². The summed E-state index contributed by atoms with van der Waals surface area (Å²) in [6, 6.07) is -0.529. The topological polar surface area (TPSA) is 70.3 Å². The number of hydrogen-bond acceptors (Lipinski definition) is 4. The highest BCUT2D eigenvalue weighted by atomic mass is 16.5. The van der Waals surface area contributed by atoms with Crippen LogP contribution in [0.4, 0.5) is 0 Å². The van der Waals surface area contributed by atoms with E-state index in [1.807, 2.05) is 34.6 Å². The van der Waals surface area contributed by atoms with Gasteiger partial charge >= 0.3 is 11.7 Å². The zero-order valence-electron chi connectivity index (χ0n) is 14.7. The van der Waals surface area contributed by atoms with E-state index in [9.17, 15) is 14.4 Å². The molecule has 0 amide bonds. The molecule has 0 atom stereocenters. The summed E-state index contributed by atoms with van der Waals surface area (Å²) >= 11 is 0. The molecule has 1 heterocycles. The maximum atomic E-state index is 12.8. The third-order valence-electron chi connectivity index (χ3n) is 3.46. The third-order valence-corrected chi connectivity index (χ3v) is 3.46. The number of nitrogens with zero attached hydrogens (tertiary/aromatic N) is 2. The summed E-state index contributed by atoms with van der Waals surface area (Å²) in [5.41, 5.74) is -1.18. The Morgan fingerprint density at radius 1 is 1.00 bits per heavy atom. The monoisotopic (exact) mass is 310 g/mol. The number of hydrogen-bond donors (Lipinski definition) is 0. The van der Waals surface area contributed by atoms with Crippen LogP contribution in [0.25, 0.3) is 0 Å². The molecule has 1 aromatic heterocycles. The number of esters is 1. The minimum absolute atomic E-state index is 0.0583. The standard InChI is InChI=1S/C16H26N2O4/c1-9(2)17-12(16(5,6)7)11(14(20)22-8)13(19)18(10(3)4)15(17)21/h9-10H,1-8H3. The molecule has 6 heteroatoms. The van der Waals surface area contributed by atoms with Gasteiger partial charge in [0.25, 0.3) is 5.56 Å². The zero-order chi connectivity index (χ0) is 17.4. The lowest BCUT2D eigenvalue weighted by atomic mass is 9.87. The van der Waals surface area contributed by atoms with Gasteiger partial charge in [-0.2, -0.15) is 0 Å². The normalized spacial score (nSPS) is 12.1. The van der Waals surface area contributed by atoms with Crippen molar-refractivity contribution in [1.29, 1.82) is 0 Å². The van der Waals surface area contributed by atoms with Crippen molar-refractivity contribution in [2.75, 3.05) is 7.11 Å². The van der Waals surface area contributed by atoms with Crippen LogP contribution in [0, 0.1) is 0 Å². The maximum Gasteiger partial charge on any atom is 0.345 e. The summed E-state index contributed by atoms with van der Waals surface area (Å²) in [4.78, 5) is 37.7. The van der Waals surface area contributed by atoms with E-state index in [2.05, 4.69) is 0 Å². The average molecular weight is 310 g/mol. The summed E-state index contributed by atoms with van der Waals surface area (Å²) in [7, 11) is 1.23. The molecule has 0 saturated heterocycles. The Bertz CT molecular complexity index is 688. The summed E-state index contributed by atoms with van der Waals surface area (Å²) in [5.74, 6) is -0.710. The van der Waals surface area contributed by atoms with Gasteiger partial charge in [-0.05, 0) is 27.7 Å². The van der Waals surface area contributed by atoms with Crippen LogP contribution in [0.5, 0.6) is 0 Å². The van der Waals surface area contributed by atoms with Crippen molar-refractivity contribution in [2.45, 2.75) is 66.0 Å². The Kier molecular flexibility index (Phi) is 5.05. The summed E-state index contributed by atoms with van der Waals surface area (Å²) in [6.45, 7) is 12.8. The first-order valence-electron chi connectivity index (χ1n) is 7.44. The van der Waals surface area contributed by atoms with Gasteiger partial charge in [-0.25, -0.2) is 9.59 Å². The van der Waals surface area contributed by atoms with Crippen LogP contribution >= 0.6 is 0 Å². The Hall–Kier alpha value is -1.85. The number of aromatic nitrogens is 2. The van der Waals surface area contributed by atoms with Crippen molar-refractivity contribution in [3.8, 4) is 0 Å². The molecule has 0 aliphatic carbocycles. The predicted octanol–water partition coefficient (Wildman–Crippen LogP) is 2.26. The van der Waals surface area contributed by atoms with E-state index in [1.165, 1.54) is 11.7 Å². The van der Waals surface area contributed by atoms with E-state index in [0.29, 0.717) is 5.69 Å². The van der Waals surface area contributed by atoms with Crippen LogP contribution in [0.1, 0.15) is 76.6 Å². The van der Waals surface area contributed by atoms with E-state index in [-0.39, 0.29) is 17.6 Å². The lowest BCUT2D eigenvalue weighted by Gasteiger charge is -2.29. The summed E-state index contributed by atoms with van der Waals surface area (Å²) in [6.07, 6.45) is 0. The number of carbonyl (C=O) groups excluding carboxylic acids is 1. The number of ether oxygens (including phenoxy) is 1. The maximum absolute atomic E-state index is 12.8. The molecule has 0 aliphatic heterocycles. The molecule has 22 heavy (non-hydrogen) atoms. The van der Waals surface area contributed by atoms with Crippen LogP contribution in [0.15, 0.2) is 9.59 Å². The molecule has 0 radical (unpaired) electrons. The van der Waals surface area contributed by atoms with Gasteiger partial charge in [0.15, 0.2) is 0 Å². The molecule has 0 saturated carbocycles. The van der Waals surface area contributed by atoms with Crippen molar-refractivity contribution >= 4 is 5.97 Å². The van der Waals surface area contributed by atoms with E-state index < -0.39 is 22.6 Å². The fraction of sp³-hybridized carbons (Fsp3) is 0.688. The minimum Gasteiger partial charge on any atom is -0.465 e. The lowest BCUT2D eigenvalue weighted by Crippen LogP contribution is -2.48. The Morgan fingerprint density at radius 2 is 1.45 bits per heavy atom. The molecular weight excluding hydrogens is 284 g/mol. The van der Waals surface area contributed by atoms with Gasteiger partial charge in [0.2, 0.25) is 0 Å². The van der Waals surface area contributed by atoms with Crippen LogP contribution in [0.3, 0.4) is 0 Å². The molecule has 124 valence electrons. The number of carbonyl (C=O) groups is 1. The van der Waals surface area contributed by atoms with Gasteiger partial charge in [-0.3, -0.25) is 13.9 Å². The van der Waals surface area contributed by atoms with Gasteiger partial charge in [-0.1, -0.05) is 20.8 Å². The number of rotatable bonds is 3. The first-order chi connectivity index (χ1) is 9.95. The smallest absolute Gasteiger partial charge is 0.345 e. The SMILES string of the molecule is COC(=O)c1c(C(C)(C)C)n(C(C)C)c(=O)n(C(C)C)c1=O. The number of methoxy groups -OCH3 is 1. The molecule has 0 N–H and O–H groups in total. The molecule has 6 nitrogen and oxygen atoms in total. The molecule has 0 unspecified atom stereocenters. The van der Waals surface area contributed by atoms with E-state index in [1.54, 1.807) is 13.8 Å². The second kappa shape index (κ2) is 6.10. The Balaban J connectivity index is 4.17. The molecule has 0 aromatic carbocycles. The lowest BCUT2D eigenvalue weighted by molar-refractivity contribution is 0.0592. The van der Waals surface area contributed by atoms with E-state index >= 15 is 0 Å². The minimum atomic E-state index is -0.710. The highest BCUT2D eigenvalue weighted by Crippen LogP contribution is 2.26. The van der Waals surface area contributed by atoms with Gasteiger partial charge < -0.3 is 4.74 Å². The van der Waals surface area contributed by atoms with Crippen molar-refractivity contribution in [1.82, 2.24) is 9.13 Å². The van der Waals surface area contributed by atoms with Crippen molar-refractivity contribution in [2.24, 2.45) is 0 Å². The highest BCUT2D eigenvalue weighted by molar-refractivity contribution is 5.90. The van der Waals surface area contributed by atoms with Crippen molar-refractivity contribution in [3.05, 3.63) is 32.1 Å². The zero-order valence-corrected chi connectivity index (χ0v) is 14.7. The van der Waals surface area contributed by atoms with Gasteiger partial charge in [0.1, 0.15) is 5.56 Å². The first kappa shape index (κ1) is 18.2. The molecule has 0 fully saturated rings. The third kappa shape index (κ3) is 3.00. The van der Waals surface area contributed by atoms with Gasteiger partial charge in [0.05, 0.1) is 7.11 Å². The quantitative estimate of drug-likeness (QED) is 0.803. The van der Waals surface area contributed by atoms with Crippen LogP contribution in [-0.2, 0) is 10.2 Å². The van der Waals surface area contributed by atoms with Crippen LogP contribution in [-0.4, -0.2) is 22.2 Å². The van der Waals surface area contributed by atoms with Gasteiger partial charge in [0, 0.05) is 23.2 Å². The second-order valence-electron chi connectivity index (χ2n) is 6.98. The summed E-state index contributed by atoms with van der Waals surface area (Å²) < 4.78 is 7.43. The highest BCUT2D eigenvalue weighted by Gasteiger charge is 2.33. The summed E-state index contributed by atoms with van der Waals surface area (Å²) in [5, 5.41) is 0. The molecule has 0 spiro atoms. The van der Waals surface area contributed by atoms with Crippen LogP contribution < -0.4 is 11.2 Å². The van der Waals surface area contributed by atoms with E-state index in [0.717, 1.165) is 4.57 Å². The second-order valence-corrected chi connectivity index (χ2v) is 6.98. The fourth-order valence-corrected chi connectivity index (χ4v) is 2.60.